The molecule has 3 N–H and O–H groups in total. The van der Waals surface area contributed by atoms with E-state index >= 15 is 0 Å². The first-order valence-electron chi connectivity index (χ1n) is 10.2. The Morgan fingerprint density at radius 3 is 2.58 bits per heavy atom. The van der Waals surface area contributed by atoms with Gasteiger partial charge in [0.25, 0.3) is 11.8 Å². The van der Waals surface area contributed by atoms with E-state index in [1.54, 1.807) is 6.07 Å². The molecule has 2 aromatic rings. The number of ether oxygens (including phenoxy) is 2. The summed E-state index contributed by atoms with van der Waals surface area (Å²) in [5.74, 6) is -1.31. The number of aliphatic hydroxyl groups is 1. The van der Waals surface area contributed by atoms with Crippen molar-refractivity contribution >= 4 is 17.6 Å². The summed E-state index contributed by atoms with van der Waals surface area (Å²) in [5.41, 5.74) is 0.259. The lowest BCUT2D eigenvalue weighted by Gasteiger charge is -2.16. The smallest absolute Gasteiger partial charge is 0.257 e. The average molecular weight is 455 g/mol. The SMILES string of the molecule is C/C(O)=C/C(=N)NC(=O)c1cc(Oc2ccc(C(=O)N(C)C)c(F)c2)c2c(c1)OC(C)(C)C2. The van der Waals surface area contributed by atoms with E-state index in [0.29, 0.717) is 23.5 Å². The predicted molar refractivity (Wildman–Crippen MR) is 121 cm³/mol. The van der Waals surface area contributed by atoms with Crippen LogP contribution >= 0.6 is 0 Å². The standard InChI is InChI=1S/C24H26FN3O5/c1-13(29)8-21(26)27-22(30)14-9-19(17-12-24(2,3)33-20(17)10-14)32-15-6-7-16(18(25)11-15)23(31)28(4)5/h6-11,29H,12H2,1-5H3,(H2,26,27,30)/b13-8-. The summed E-state index contributed by atoms with van der Waals surface area (Å²) in [6.07, 6.45) is 1.60. The van der Waals surface area contributed by atoms with Gasteiger partial charge in [-0.05, 0) is 45.0 Å². The third-order valence-corrected chi connectivity index (χ3v) is 4.83. The van der Waals surface area contributed by atoms with Gasteiger partial charge in [-0.15, -0.1) is 0 Å². The Kier molecular flexibility index (Phi) is 6.44. The quantitative estimate of drug-likeness (QED) is 0.355. The number of aliphatic hydroxyl groups excluding tert-OH is 1. The molecule has 0 fully saturated rings. The van der Waals surface area contributed by atoms with E-state index in [4.69, 9.17) is 14.9 Å². The van der Waals surface area contributed by atoms with Crippen LogP contribution in [0.3, 0.4) is 0 Å². The Balaban J connectivity index is 1.95. The molecule has 0 saturated carbocycles. The van der Waals surface area contributed by atoms with Gasteiger partial charge in [0.15, 0.2) is 0 Å². The minimum atomic E-state index is -0.729. The fraction of sp³-hybridized carbons (Fsp3) is 0.292. The van der Waals surface area contributed by atoms with Crippen LogP contribution < -0.4 is 14.8 Å². The average Bonchev–Trinajstić information content (AvgIpc) is 3.01. The summed E-state index contributed by atoms with van der Waals surface area (Å²) >= 11 is 0. The molecule has 1 aliphatic heterocycles. The van der Waals surface area contributed by atoms with Gasteiger partial charge in [-0.1, -0.05) is 0 Å². The van der Waals surface area contributed by atoms with Crippen molar-refractivity contribution in [2.24, 2.45) is 0 Å². The largest absolute Gasteiger partial charge is 0.512 e. The molecule has 33 heavy (non-hydrogen) atoms. The van der Waals surface area contributed by atoms with Crippen LogP contribution in [0.4, 0.5) is 4.39 Å². The molecular weight excluding hydrogens is 429 g/mol. The van der Waals surface area contributed by atoms with Crippen LogP contribution in [0.5, 0.6) is 17.2 Å². The fourth-order valence-corrected chi connectivity index (χ4v) is 3.41. The van der Waals surface area contributed by atoms with Crippen molar-refractivity contribution in [3.05, 3.63) is 64.7 Å². The highest BCUT2D eigenvalue weighted by atomic mass is 19.1. The molecule has 0 radical (unpaired) electrons. The van der Waals surface area contributed by atoms with Gasteiger partial charge in [-0.2, -0.15) is 0 Å². The number of hydrogen-bond acceptors (Lipinski definition) is 6. The molecule has 0 bridgehead atoms. The number of allylic oxidation sites excluding steroid dienone is 1. The number of nitrogens with one attached hydrogen (secondary N) is 2. The molecule has 1 heterocycles. The van der Waals surface area contributed by atoms with Gasteiger partial charge in [-0.25, -0.2) is 4.39 Å². The van der Waals surface area contributed by atoms with E-state index in [0.717, 1.165) is 12.1 Å². The molecule has 8 nitrogen and oxygen atoms in total. The number of rotatable bonds is 5. The zero-order chi connectivity index (χ0) is 24.5. The molecule has 2 amide bonds. The molecule has 2 aromatic carbocycles. The Labute approximate surface area is 191 Å². The van der Waals surface area contributed by atoms with Gasteiger partial charge in [0.05, 0.1) is 11.3 Å². The van der Waals surface area contributed by atoms with E-state index < -0.39 is 23.2 Å². The molecule has 0 saturated heterocycles. The number of benzene rings is 2. The number of carbonyl (C=O) groups excluding carboxylic acids is 2. The van der Waals surface area contributed by atoms with Crippen molar-refractivity contribution in [2.75, 3.05) is 14.1 Å². The predicted octanol–water partition coefficient (Wildman–Crippen LogP) is 4.20. The highest BCUT2D eigenvalue weighted by Crippen LogP contribution is 2.43. The van der Waals surface area contributed by atoms with Crippen molar-refractivity contribution in [1.82, 2.24) is 10.2 Å². The van der Waals surface area contributed by atoms with E-state index in [1.807, 2.05) is 13.8 Å². The van der Waals surface area contributed by atoms with E-state index in [1.165, 1.54) is 44.1 Å². The van der Waals surface area contributed by atoms with Gasteiger partial charge in [0, 0.05) is 43.8 Å². The molecule has 0 aromatic heterocycles. The maximum Gasteiger partial charge on any atom is 0.257 e. The number of nitrogens with zero attached hydrogens (tertiary/aromatic N) is 1. The van der Waals surface area contributed by atoms with Gasteiger partial charge in [-0.3, -0.25) is 15.0 Å². The van der Waals surface area contributed by atoms with E-state index in [-0.39, 0.29) is 28.5 Å². The summed E-state index contributed by atoms with van der Waals surface area (Å²) in [5, 5.41) is 19.4. The lowest BCUT2D eigenvalue weighted by molar-refractivity contribution is 0.0822. The first kappa shape index (κ1) is 23.8. The zero-order valence-corrected chi connectivity index (χ0v) is 19.1. The molecule has 0 atom stereocenters. The zero-order valence-electron chi connectivity index (χ0n) is 19.1. The maximum absolute atomic E-state index is 14.6. The van der Waals surface area contributed by atoms with Crippen LogP contribution in [-0.2, 0) is 6.42 Å². The van der Waals surface area contributed by atoms with Crippen molar-refractivity contribution in [3.8, 4) is 17.2 Å². The van der Waals surface area contributed by atoms with Gasteiger partial charge in [0.2, 0.25) is 0 Å². The van der Waals surface area contributed by atoms with Crippen molar-refractivity contribution in [2.45, 2.75) is 32.8 Å². The number of hydrogen-bond donors (Lipinski definition) is 3. The van der Waals surface area contributed by atoms with Crippen LogP contribution in [0.1, 0.15) is 47.1 Å². The second kappa shape index (κ2) is 8.93. The summed E-state index contributed by atoms with van der Waals surface area (Å²) < 4.78 is 26.4. The van der Waals surface area contributed by atoms with Gasteiger partial charge >= 0.3 is 0 Å². The molecular formula is C24H26FN3O5. The molecule has 0 unspecified atom stereocenters. The number of halogens is 1. The lowest BCUT2D eigenvalue weighted by Crippen LogP contribution is -2.28. The first-order chi connectivity index (χ1) is 15.4. The summed E-state index contributed by atoms with van der Waals surface area (Å²) in [4.78, 5) is 26.0. The van der Waals surface area contributed by atoms with Crippen molar-refractivity contribution in [3.63, 3.8) is 0 Å². The minimum absolute atomic E-state index is 0.0825. The van der Waals surface area contributed by atoms with E-state index in [2.05, 4.69) is 5.32 Å². The second-order valence-corrected chi connectivity index (χ2v) is 8.59. The Bertz CT molecular complexity index is 1170. The third-order valence-electron chi connectivity index (χ3n) is 4.83. The van der Waals surface area contributed by atoms with Crippen LogP contribution in [0, 0.1) is 11.2 Å². The topological polar surface area (TPSA) is 112 Å². The molecule has 0 spiro atoms. The van der Waals surface area contributed by atoms with E-state index in [9.17, 15) is 19.1 Å². The molecule has 3 rings (SSSR count). The number of carbonyl (C=O) groups is 2. The minimum Gasteiger partial charge on any atom is -0.512 e. The molecule has 1 aliphatic rings. The van der Waals surface area contributed by atoms with Crippen molar-refractivity contribution in [1.29, 1.82) is 5.41 Å². The first-order valence-corrected chi connectivity index (χ1v) is 10.2. The monoisotopic (exact) mass is 455 g/mol. The number of fused-ring (bicyclic) bond motifs is 1. The highest BCUT2D eigenvalue weighted by molar-refractivity contribution is 6.09. The molecule has 174 valence electrons. The summed E-state index contributed by atoms with van der Waals surface area (Å²) in [7, 11) is 3.07. The second-order valence-electron chi connectivity index (χ2n) is 8.59. The number of amides is 2. The van der Waals surface area contributed by atoms with Crippen LogP contribution in [0.25, 0.3) is 0 Å². The highest BCUT2D eigenvalue weighted by Gasteiger charge is 2.34. The molecule has 9 heteroatoms. The molecule has 0 aliphatic carbocycles. The maximum atomic E-state index is 14.6. The van der Waals surface area contributed by atoms with Crippen LogP contribution in [-0.4, -0.2) is 47.4 Å². The number of amidine groups is 1. The Morgan fingerprint density at radius 2 is 1.97 bits per heavy atom. The van der Waals surface area contributed by atoms with Gasteiger partial charge < -0.3 is 24.8 Å². The Morgan fingerprint density at radius 1 is 1.27 bits per heavy atom. The lowest BCUT2D eigenvalue weighted by atomic mass is 9.99. The van der Waals surface area contributed by atoms with Crippen molar-refractivity contribution < 1.29 is 28.6 Å². The Hall–Kier alpha value is -3.88. The fourth-order valence-electron chi connectivity index (χ4n) is 3.41. The van der Waals surface area contributed by atoms with Gasteiger partial charge in [0.1, 0.15) is 34.5 Å². The normalized spacial score (nSPS) is 14.2. The van der Waals surface area contributed by atoms with Crippen LogP contribution in [0.15, 0.2) is 42.2 Å². The summed E-state index contributed by atoms with van der Waals surface area (Å²) in [6.45, 7) is 5.17. The third kappa shape index (κ3) is 5.49. The summed E-state index contributed by atoms with van der Waals surface area (Å²) in [6, 6.07) is 6.97. The van der Waals surface area contributed by atoms with Crippen LogP contribution in [0.2, 0.25) is 0 Å².